The van der Waals surface area contributed by atoms with E-state index in [-0.39, 0.29) is 0 Å². The summed E-state index contributed by atoms with van der Waals surface area (Å²) in [5.41, 5.74) is 4.88. The summed E-state index contributed by atoms with van der Waals surface area (Å²) in [6.07, 6.45) is 14.6. The zero-order valence-electron chi connectivity index (χ0n) is 9.88. The van der Waals surface area contributed by atoms with Crippen molar-refractivity contribution >= 4 is 35.0 Å². The number of para-hydroxylation sites is 1. The molecule has 86 valence electrons. The number of benzene rings is 1. The summed E-state index contributed by atoms with van der Waals surface area (Å²) in [6.45, 7) is 0.852. The molecule has 0 saturated carbocycles. The van der Waals surface area contributed by atoms with E-state index in [1.807, 2.05) is 6.21 Å². The van der Waals surface area contributed by atoms with Crippen LogP contribution < -0.4 is 0 Å². The lowest BCUT2D eigenvalue weighted by Gasteiger charge is -2.11. The highest BCUT2D eigenvalue weighted by molar-refractivity contribution is 6.02. The van der Waals surface area contributed by atoms with Crippen molar-refractivity contribution in [3.8, 4) is 0 Å². The molecule has 0 bridgehead atoms. The van der Waals surface area contributed by atoms with E-state index in [1.165, 1.54) is 22.2 Å². The Morgan fingerprint density at radius 2 is 1.89 bits per heavy atom. The van der Waals surface area contributed by atoms with Crippen LogP contribution in [0.2, 0.25) is 0 Å². The van der Waals surface area contributed by atoms with Crippen LogP contribution in [-0.4, -0.2) is 10.8 Å². The Balaban J connectivity index is 2.19. The lowest BCUT2D eigenvalue weighted by Crippen LogP contribution is -2.04. The average Bonchev–Trinajstić information content (AvgIpc) is 2.65. The quantitative estimate of drug-likeness (QED) is 0.654. The molecule has 1 aliphatic carbocycles. The summed E-state index contributed by atoms with van der Waals surface area (Å²) in [7, 11) is 0. The van der Waals surface area contributed by atoms with Gasteiger partial charge in [0.15, 0.2) is 0 Å². The highest BCUT2D eigenvalue weighted by Crippen LogP contribution is 2.36. The minimum atomic E-state index is 0.852. The molecule has 4 rings (SSSR count). The van der Waals surface area contributed by atoms with Crippen LogP contribution >= 0.6 is 0 Å². The van der Waals surface area contributed by atoms with Crippen molar-refractivity contribution in [2.75, 3.05) is 0 Å². The molecule has 0 amide bonds. The van der Waals surface area contributed by atoms with E-state index in [9.17, 15) is 0 Å². The first-order valence-electron chi connectivity index (χ1n) is 6.14. The van der Waals surface area contributed by atoms with E-state index in [0.29, 0.717) is 0 Å². The van der Waals surface area contributed by atoms with E-state index in [4.69, 9.17) is 0 Å². The SMILES string of the molecule is C1=Cc2c(n3c4c(cccc24)N=CC3)/C=C\C=C/1. The summed E-state index contributed by atoms with van der Waals surface area (Å²) in [5, 5.41) is 1.29. The summed E-state index contributed by atoms with van der Waals surface area (Å²) >= 11 is 0. The first kappa shape index (κ1) is 9.66. The second kappa shape index (κ2) is 3.57. The first-order chi connectivity index (χ1) is 8.95. The van der Waals surface area contributed by atoms with Crippen LogP contribution in [0.25, 0.3) is 23.1 Å². The molecule has 1 aromatic heterocycles. The fourth-order valence-corrected chi connectivity index (χ4v) is 2.73. The van der Waals surface area contributed by atoms with Gasteiger partial charge in [0.25, 0.3) is 0 Å². The predicted octanol–water partition coefficient (Wildman–Crippen LogP) is 3.95. The normalized spacial score (nSPS) is 19.3. The molecule has 0 saturated heterocycles. The van der Waals surface area contributed by atoms with Gasteiger partial charge >= 0.3 is 0 Å². The summed E-state index contributed by atoms with van der Waals surface area (Å²) < 4.78 is 2.34. The Labute approximate surface area is 105 Å². The number of fused-ring (bicyclic) bond motifs is 3. The summed E-state index contributed by atoms with van der Waals surface area (Å²) in [4.78, 5) is 4.49. The topological polar surface area (TPSA) is 17.3 Å². The van der Waals surface area contributed by atoms with Gasteiger partial charge < -0.3 is 4.57 Å². The molecule has 1 aromatic carbocycles. The molecule has 1 aliphatic heterocycles. The van der Waals surface area contributed by atoms with Crippen LogP contribution in [0.4, 0.5) is 5.69 Å². The molecule has 0 radical (unpaired) electrons. The molecule has 2 aliphatic rings. The molecule has 0 unspecified atom stereocenters. The Morgan fingerprint density at radius 1 is 1.00 bits per heavy atom. The molecule has 0 fully saturated rings. The van der Waals surface area contributed by atoms with Gasteiger partial charge in [-0.15, -0.1) is 0 Å². The molecular weight excluding hydrogens is 220 g/mol. The van der Waals surface area contributed by atoms with Gasteiger partial charge in [-0.05, 0) is 12.1 Å². The van der Waals surface area contributed by atoms with Gasteiger partial charge in [0, 0.05) is 22.9 Å². The monoisotopic (exact) mass is 232 g/mol. The maximum absolute atomic E-state index is 4.49. The lowest BCUT2D eigenvalue weighted by molar-refractivity contribution is 0.887. The van der Waals surface area contributed by atoms with Gasteiger partial charge in [-0.2, -0.15) is 0 Å². The standard InChI is InChI=1S/C16H12N2/c1-2-4-9-15-12(6-3-1)13-7-5-8-14-16(13)18(15)11-10-17-14/h1-10H,11H2/b2-1-,3-1?,4-2?,6-3?,9-4-,12-6?,15-9?. The number of aliphatic imine (C=N–C) groups is 1. The highest BCUT2D eigenvalue weighted by Gasteiger charge is 2.17. The maximum Gasteiger partial charge on any atom is 0.0869 e. The highest BCUT2D eigenvalue weighted by atomic mass is 15.0. The third-order valence-corrected chi connectivity index (χ3v) is 3.49. The number of rotatable bonds is 0. The van der Waals surface area contributed by atoms with Crippen LogP contribution in [0.1, 0.15) is 11.3 Å². The van der Waals surface area contributed by atoms with E-state index >= 15 is 0 Å². The van der Waals surface area contributed by atoms with E-state index in [2.05, 4.69) is 64.2 Å². The van der Waals surface area contributed by atoms with Crippen LogP contribution in [0.5, 0.6) is 0 Å². The van der Waals surface area contributed by atoms with Crippen LogP contribution in [0.15, 0.2) is 47.5 Å². The lowest BCUT2D eigenvalue weighted by atomic mass is 10.1. The molecule has 2 aromatic rings. The summed E-state index contributed by atoms with van der Waals surface area (Å²) in [5.74, 6) is 0. The number of allylic oxidation sites excluding steroid dienone is 4. The van der Waals surface area contributed by atoms with Crippen molar-refractivity contribution in [2.45, 2.75) is 6.54 Å². The van der Waals surface area contributed by atoms with E-state index in [1.54, 1.807) is 0 Å². The van der Waals surface area contributed by atoms with Crippen LogP contribution in [-0.2, 0) is 6.54 Å². The van der Waals surface area contributed by atoms with Crippen molar-refractivity contribution in [3.63, 3.8) is 0 Å². The van der Waals surface area contributed by atoms with Gasteiger partial charge in [0.05, 0.1) is 17.7 Å². The molecule has 0 atom stereocenters. The van der Waals surface area contributed by atoms with Gasteiger partial charge in [-0.3, -0.25) is 4.99 Å². The van der Waals surface area contributed by atoms with Crippen molar-refractivity contribution in [3.05, 3.63) is 53.8 Å². The van der Waals surface area contributed by atoms with Gasteiger partial charge in [-0.25, -0.2) is 0 Å². The smallest absolute Gasteiger partial charge is 0.0869 e. The molecule has 2 heterocycles. The maximum atomic E-state index is 4.49. The molecule has 0 spiro atoms. The second-order valence-corrected chi connectivity index (χ2v) is 4.50. The Morgan fingerprint density at radius 3 is 2.83 bits per heavy atom. The van der Waals surface area contributed by atoms with Crippen molar-refractivity contribution in [2.24, 2.45) is 4.99 Å². The van der Waals surface area contributed by atoms with Crippen molar-refractivity contribution in [1.29, 1.82) is 0 Å². The Hall–Kier alpha value is -2.35. The minimum Gasteiger partial charge on any atom is -0.333 e. The summed E-state index contributed by atoms with van der Waals surface area (Å²) in [6, 6.07) is 6.34. The predicted molar refractivity (Wildman–Crippen MR) is 77.3 cm³/mol. The first-order valence-corrected chi connectivity index (χ1v) is 6.14. The largest absolute Gasteiger partial charge is 0.333 e. The third-order valence-electron chi connectivity index (χ3n) is 3.49. The molecule has 2 nitrogen and oxygen atoms in total. The number of aromatic nitrogens is 1. The third kappa shape index (κ3) is 1.20. The molecule has 0 N–H and O–H groups in total. The Bertz CT molecular complexity index is 755. The minimum absolute atomic E-state index is 0.852. The second-order valence-electron chi connectivity index (χ2n) is 4.50. The van der Waals surface area contributed by atoms with E-state index < -0.39 is 0 Å². The van der Waals surface area contributed by atoms with Gasteiger partial charge in [0.2, 0.25) is 0 Å². The number of hydrogen-bond donors (Lipinski definition) is 0. The molecular formula is C16H12N2. The van der Waals surface area contributed by atoms with Gasteiger partial charge in [-0.1, -0.05) is 42.5 Å². The Kier molecular flexibility index (Phi) is 1.92. The van der Waals surface area contributed by atoms with Gasteiger partial charge in [0.1, 0.15) is 0 Å². The fourth-order valence-electron chi connectivity index (χ4n) is 2.73. The van der Waals surface area contributed by atoms with Crippen LogP contribution in [0.3, 0.4) is 0 Å². The zero-order chi connectivity index (χ0) is 11.9. The fraction of sp³-hybridized carbons (Fsp3) is 0.0625. The molecule has 18 heavy (non-hydrogen) atoms. The van der Waals surface area contributed by atoms with Crippen LogP contribution in [0, 0.1) is 0 Å². The molecule has 2 heteroatoms. The number of hydrogen-bond acceptors (Lipinski definition) is 1. The van der Waals surface area contributed by atoms with Crippen molar-refractivity contribution < 1.29 is 0 Å². The number of nitrogens with zero attached hydrogens (tertiary/aromatic N) is 2. The van der Waals surface area contributed by atoms with Crippen molar-refractivity contribution in [1.82, 2.24) is 4.57 Å². The zero-order valence-corrected chi connectivity index (χ0v) is 9.88. The van der Waals surface area contributed by atoms with E-state index in [0.717, 1.165) is 12.2 Å². The average molecular weight is 232 g/mol.